The van der Waals surface area contributed by atoms with Crippen molar-refractivity contribution in [2.24, 2.45) is 0 Å². The lowest BCUT2D eigenvalue weighted by molar-refractivity contribution is -0.116. The molecule has 4 rings (SSSR count). The van der Waals surface area contributed by atoms with Crippen LogP contribution in [0.2, 0.25) is 10.0 Å². The molecule has 0 bridgehead atoms. The molecular weight excluding hydrogens is 435 g/mol. The Kier molecular flexibility index (Phi) is 6.26. The number of halogens is 2. The fourth-order valence-corrected chi connectivity index (χ4v) is 3.64. The van der Waals surface area contributed by atoms with Gasteiger partial charge in [-0.15, -0.1) is 0 Å². The van der Waals surface area contributed by atoms with Crippen molar-refractivity contribution in [3.8, 4) is 5.75 Å². The third-order valence-corrected chi connectivity index (χ3v) is 5.56. The van der Waals surface area contributed by atoms with Crippen molar-refractivity contribution >= 4 is 51.5 Å². The zero-order valence-corrected chi connectivity index (χ0v) is 17.9. The van der Waals surface area contributed by atoms with Crippen molar-refractivity contribution in [3.05, 3.63) is 94.6 Å². The number of fused-ring (bicyclic) bond motifs is 1. The highest BCUT2D eigenvalue weighted by Crippen LogP contribution is 2.29. The summed E-state index contributed by atoms with van der Waals surface area (Å²) in [5, 5.41) is 4.17. The standard InChI is InChI=1S/C24H18Cl2N2O3/c25-19-10-6-11-20(24(19)26)27-23(30)14-28-13-18(17-9-4-5-12-21(17)28)22(29)15-31-16-7-2-1-3-8-16/h1-13H,14-15H2,(H,27,30). The molecule has 0 atom stereocenters. The number of hydrogen-bond acceptors (Lipinski definition) is 3. The van der Waals surface area contributed by atoms with Crippen LogP contribution in [0.15, 0.2) is 79.0 Å². The molecule has 1 aromatic heterocycles. The van der Waals surface area contributed by atoms with Gasteiger partial charge in [0.15, 0.2) is 6.61 Å². The first-order valence-corrected chi connectivity index (χ1v) is 10.3. The Labute approximate surface area is 189 Å². The van der Waals surface area contributed by atoms with Gasteiger partial charge in [-0.05, 0) is 30.3 Å². The smallest absolute Gasteiger partial charge is 0.244 e. The summed E-state index contributed by atoms with van der Waals surface area (Å²) in [6.45, 7) is -0.0848. The lowest BCUT2D eigenvalue weighted by atomic mass is 10.1. The zero-order valence-electron chi connectivity index (χ0n) is 16.3. The molecule has 7 heteroatoms. The highest BCUT2D eigenvalue weighted by molar-refractivity contribution is 6.44. The monoisotopic (exact) mass is 452 g/mol. The van der Waals surface area contributed by atoms with Gasteiger partial charge in [0.2, 0.25) is 11.7 Å². The van der Waals surface area contributed by atoms with Crippen molar-refractivity contribution in [3.63, 3.8) is 0 Å². The van der Waals surface area contributed by atoms with E-state index in [-0.39, 0.29) is 29.9 Å². The third-order valence-electron chi connectivity index (χ3n) is 4.74. The van der Waals surface area contributed by atoms with Crippen LogP contribution in [0.5, 0.6) is 5.75 Å². The number of rotatable bonds is 7. The van der Waals surface area contributed by atoms with E-state index < -0.39 is 0 Å². The molecule has 0 unspecified atom stereocenters. The number of carbonyl (C=O) groups excluding carboxylic acids is 2. The van der Waals surface area contributed by atoms with Crippen LogP contribution in [0, 0.1) is 0 Å². The van der Waals surface area contributed by atoms with Crippen LogP contribution in [0.4, 0.5) is 5.69 Å². The van der Waals surface area contributed by atoms with Crippen LogP contribution >= 0.6 is 23.2 Å². The van der Waals surface area contributed by atoms with E-state index in [9.17, 15) is 9.59 Å². The molecule has 0 spiro atoms. The van der Waals surface area contributed by atoms with E-state index in [2.05, 4.69) is 5.32 Å². The van der Waals surface area contributed by atoms with Crippen LogP contribution in [0.3, 0.4) is 0 Å². The van der Waals surface area contributed by atoms with Gasteiger partial charge in [0.1, 0.15) is 12.3 Å². The second kappa shape index (κ2) is 9.25. The molecule has 3 aromatic carbocycles. The number of para-hydroxylation sites is 2. The molecule has 0 aliphatic heterocycles. The Morgan fingerprint density at radius 1 is 0.903 bits per heavy atom. The molecule has 0 saturated heterocycles. The SMILES string of the molecule is O=C(Cn1cc(C(=O)COc2ccccc2)c2ccccc21)Nc1cccc(Cl)c1Cl. The van der Waals surface area contributed by atoms with Gasteiger partial charge in [-0.25, -0.2) is 0 Å². The van der Waals surface area contributed by atoms with Gasteiger partial charge < -0.3 is 14.6 Å². The first kappa shape index (κ1) is 21.0. The van der Waals surface area contributed by atoms with Crippen molar-refractivity contribution in [2.45, 2.75) is 6.54 Å². The molecule has 1 heterocycles. The highest BCUT2D eigenvalue weighted by atomic mass is 35.5. The molecule has 0 aliphatic rings. The van der Waals surface area contributed by atoms with Crippen LogP contribution < -0.4 is 10.1 Å². The maximum atomic E-state index is 12.8. The van der Waals surface area contributed by atoms with Crippen molar-refractivity contribution < 1.29 is 14.3 Å². The highest BCUT2D eigenvalue weighted by Gasteiger charge is 2.17. The van der Waals surface area contributed by atoms with Gasteiger partial charge >= 0.3 is 0 Å². The number of aromatic nitrogens is 1. The lowest BCUT2D eigenvalue weighted by Gasteiger charge is -2.09. The average molecular weight is 453 g/mol. The quantitative estimate of drug-likeness (QED) is 0.357. The third kappa shape index (κ3) is 4.74. The van der Waals surface area contributed by atoms with Gasteiger partial charge in [-0.3, -0.25) is 9.59 Å². The summed E-state index contributed by atoms with van der Waals surface area (Å²) in [6.07, 6.45) is 1.68. The molecule has 0 aliphatic carbocycles. The number of amides is 1. The van der Waals surface area contributed by atoms with Gasteiger partial charge in [0.05, 0.1) is 15.7 Å². The number of hydrogen-bond donors (Lipinski definition) is 1. The lowest BCUT2D eigenvalue weighted by Crippen LogP contribution is -2.18. The van der Waals surface area contributed by atoms with Crippen LogP contribution in [0.25, 0.3) is 10.9 Å². The fourth-order valence-electron chi connectivity index (χ4n) is 3.29. The molecule has 0 fully saturated rings. The van der Waals surface area contributed by atoms with E-state index in [1.807, 2.05) is 42.5 Å². The second-order valence-electron chi connectivity index (χ2n) is 6.86. The summed E-state index contributed by atoms with van der Waals surface area (Å²) < 4.78 is 7.33. The number of benzene rings is 3. The molecule has 31 heavy (non-hydrogen) atoms. The zero-order chi connectivity index (χ0) is 21.8. The number of Topliss-reactive ketones (excluding diaryl/α,β-unsaturated/α-hetero) is 1. The molecule has 0 saturated carbocycles. The maximum Gasteiger partial charge on any atom is 0.244 e. The first-order chi connectivity index (χ1) is 15.0. The molecule has 1 amide bonds. The normalized spacial score (nSPS) is 10.8. The molecule has 1 N–H and O–H groups in total. The second-order valence-corrected chi connectivity index (χ2v) is 7.65. The average Bonchev–Trinajstić information content (AvgIpc) is 3.14. The van der Waals surface area contributed by atoms with Crippen LogP contribution in [-0.4, -0.2) is 22.9 Å². The number of ether oxygens (including phenoxy) is 1. The molecule has 0 radical (unpaired) electrons. The van der Waals surface area contributed by atoms with Crippen LogP contribution in [-0.2, 0) is 11.3 Å². The minimum Gasteiger partial charge on any atom is -0.485 e. The minimum atomic E-state index is -0.288. The summed E-state index contributed by atoms with van der Waals surface area (Å²) in [4.78, 5) is 25.5. The fraction of sp³-hybridized carbons (Fsp3) is 0.0833. The van der Waals surface area contributed by atoms with Gasteiger partial charge in [-0.2, -0.15) is 0 Å². The molecule has 156 valence electrons. The van der Waals surface area contributed by atoms with Crippen molar-refractivity contribution in [1.82, 2.24) is 4.57 Å². The predicted octanol–water partition coefficient (Wildman–Crippen LogP) is 5.85. The Morgan fingerprint density at radius 2 is 1.65 bits per heavy atom. The van der Waals surface area contributed by atoms with E-state index in [1.165, 1.54) is 0 Å². The van der Waals surface area contributed by atoms with Gasteiger partial charge in [0, 0.05) is 22.7 Å². The van der Waals surface area contributed by atoms with Gasteiger partial charge in [0.25, 0.3) is 0 Å². The maximum absolute atomic E-state index is 12.8. The Morgan fingerprint density at radius 3 is 2.45 bits per heavy atom. The summed E-state index contributed by atoms with van der Waals surface area (Å²) in [7, 11) is 0. The number of nitrogens with zero attached hydrogens (tertiary/aromatic N) is 1. The molecule has 5 nitrogen and oxygen atoms in total. The summed E-state index contributed by atoms with van der Waals surface area (Å²) in [6, 6.07) is 21.6. The topological polar surface area (TPSA) is 60.3 Å². The van der Waals surface area contributed by atoms with E-state index in [1.54, 1.807) is 41.1 Å². The Hall–Kier alpha value is -3.28. The van der Waals surface area contributed by atoms with E-state index in [4.69, 9.17) is 27.9 Å². The van der Waals surface area contributed by atoms with E-state index >= 15 is 0 Å². The predicted molar refractivity (Wildman–Crippen MR) is 123 cm³/mol. The first-order valence-electron chi connectivity index (χ1n) is 9.55. The van der Waals surface area contributed by atoms with Crippen molar-refractivity contribution in [1.29, 1.82) is 0 Å². The molecule has 4 aromatic rings. The summed E-state index contributed by atoms with van der Waals surface area (Å²) in [5.41, 5.74) is 1.71. The van der Waals surface area contributed by atoms with E-state index in [0.717, 1.165) is 10.9 Å². The summed E-state index contributed by atoms with van der Waals surface area (Å²) >= 11 is 12.2. The largest absolute Gasteiger partial charge is 0.485 e. The van der Waals surface area contributed by atoms with Crippen LogP contribution in [0.1, 0.15) is 10.4 Å². The Bertz CT molecular complexity index is 1250. The number of ketones is 1. The number of nitrogens with one attached hydrogen (secondary N) is 1. The minimum absolute atomic E-state index is 0.0101. The number of carbonyl (C=O) groups is 2. The Balaban J connectivity index is 1.54. The number of anilines is 1. The van der Waals surface area contributed by atoms with Crippen molar-refractivity contribution in [2.75, 3.05) is 11.9 Å². The molecular formula is C24H18Cl2N2O3. The van der Waals surface area contributed by atoms with E-state index in [0.29, 0.717) is 22.0 Å². The summed E-state index contributed by atoms with van der Waals surface area (Å²) in [5.74, 6) is 0.166. The van der Waals surface area contributed by atoms with Gasteiger partial charge in [-0.1, -0.05) is 65.7 Å².